The molecule has 0 amide bonds. The van der Waals surface area contributed by atoms with Crippen LogP contribution in [0.2, 0.25) is 0 Å². The lowest BCUT2D eigenvalue weighted by atomic mass is 10.2. The smallest absolute Gasteiger partial charge is 0.193 e. The molecule has 0 aliphatic heterocycles. The maximum atomic E-state index is 4.67. The lowest BCUT2D eigenvalue weighted by molar-refractivity contribution is 0.534. The largest absolute Gasteiger partial charge is 0.356 e. The Morgan fingerprint density at radius 1 is 1.22 bits per heavy atom. The SMILES string of the molecule is Cc1cc(C)n(CCCNC(=NCc2ccccc2)N(C)C)n1. The molecule has 0 saturated heterocycles. The summed E-state index contributed by atoms with van der Waals surface area (Å²) in [6, 6.07) is 12.4. The van der Waals surface area contributed by atoms with Crippen molar-refractivity contribution < 1.29 is 0 Å². The molecule has 5 nitrogen and oxygen atoms in total. The number of aryl methyl sites for hydroxylation is 3. The molecule has 0 bridgehead atoms. The van der Waals surface area contributed by atoms with Gasteiger partial charge in [-0.25, -0.2) is 4.99 Å². The number of benzene rings is 1. The number of aromatic nitrogens is 2. The van der Waals surface area contributed by atoms with Crippen molar-refractivity contribution in [1.82, 2.24) is 20.0 Å². The summed E-state index contributed by atoms with van der Waals surface area (Å²) in [4.78, 5) is 6.69. The number of hydrogen-bond donors (Lipinski definition) is 1. The molecule has 2 aromatic rings. The van der Waals surface area contributed by atoms with Crippen molar-refractivity contribution in [3.8, 4) is 0 Å². The molecule has 1 heterocycles. The first-order chi connectivity index (χ1) is 11.1. The van der Waals surface area contributed by atoms with E-state index in [1.807, 2.05) is 44.1 Å². The highest BCUT2D eigenvalue weighted by atomic mass is 15.3. The van der Waals surface area contributed by atoms with Gasteiger partial charge in [0, 0.05) is 32.9 Å². The molecule has 0 unspecified atom stereocenters. The molecule has 0 spiro atoms. The molecule has 0 saturated carbocycles. The van der Waals surface area contributed by atoms with E-state index in [1.165, 1.54) is 11.3 Å². The fraction of sp³-hybridized carbons (Fsp3) is 0.444. The van der Waals surface area contributed by atoms with Gasteiger partial charge in [-0.3, -0.25) is 4.68 Å². The maximum Gasteiger partial charge on any atom is 0.193 e. The highest BCUT2D eigenvalue weighted by molar-refractivity contribution is 5.79. The van der Waals surface area contributed by atoms with E-state index < -0.39 is 0 Å². The van der Waals surface area contributed by atoms with Crippen molar-refractivity contribution >= 4 is 5.96 Å². The van der Waals surface area contributed by atoms with E-state index in [1.54, 1.807) is 0 Å². The van der Waals surface area contributed by atoms with Crippen LogP contribution in [0.1, 0.15) is 23.4 Å². The zero-order valence-corrected chi connectivity index (χ0v) is 14.6. The third-order valence-corrected chi connectivity index (χ3v) is 3.61. The lowest BCUT2D eigenvalue weighted by Crippen LogP contribution is -2.37. The van der Waals surface area contributed by atoms with E-state index in [0.29, 0.717) is 6.54 Å². The van der Waals surface area contributed by atoms with Gasteiger partial charge in [-0.15, -0.1) is 0 Å². The Kier molecular flexibility index (Phi) is 6.20. The highest BCUT2D eigenvalue weighted by Gasteiger charge is 2.03. The van der Waals surface area contributed by atoms with Crippen LogP contribution in [0.25, 0.3) is 0 Å². The molecule has 2 rings (SSSR count). The molecule has 0 atom stereocenters. The summed E-state index contributed by atoms with van der Waals surface area (Å²) in [5.41, 5.74) is 3.51. The minimum Gasteiger partial charge on any atom is -0.356 e. The average Bonchev–Trinajstić information content (AvgIpc) is 2.85. The molecule has 1 aromatic heterocycles. The molecule has 1 N–H and O–H groups in total. The topological polar surface area (TPSA) is 45.5 Å². The average molecular weight is 313 g/mol. The van der Waals surface area contributed by atoms with Gasteiger partial charge in [-0.1, -0.05) is 30.3 Å². The first kappa shape index (κ1) is 17.1. The number of nitrogens with one attached hydrogen (secondary N) is 1. The van der Waals surface area contributed by atoms with Crippen LogP contribution < -0.4 is 5.32 Å². The summed E-state index contributed by atoms with van der Waals surface area (Å²) in [5, 5.41) is 7.91. The molecule has 23 heavy (non-hydrogen) atoms. The highest BCUT2D eigenvalue weighted by Crippen LogP contribution is 2.03. The van der Waals surface area contributed by atoms with Crippen LogP contribution in [0.15, 0.2) is 41.4 Å². The lowest BCUT2D eigenvalue weighted by Gasteiger charge is -2.17. The number of guanidine groups is 1. The molecule has 1 aromatic carbocycles. The van der Waals surface area contributed by atoms with Crippen LogP contribution in [0.4, 0.5) is 0 Å². The maximum absolute atomic E-state index is 4.67. The van der Waals surface area contributed by atoms with E-state index in [2.05, 4.69) is 45.2 Å². The summed E-state index contributed by atoms with van der Waals surface area (Å²) in [5.74, 6) is 0.919. The molecular weight excluding hydrogens is 286 g/mol. The van der Waals surface area contributed by atoms with Gasteiger partial charge in [-0.2, -0.15) is 5.10 Å². The predicted molar refractivity (Wildman–Crippen MR) is 95.6 cm³/mol. The molecule has 124 valence electrons. The van der Waals surface area contributed by atoms with Gasteiger partial charge in [0.2, 0.25) is 0 Å². The second-order valence-electron chi connectivity index (χ2n) is 5.95. The van der Waals surface area contributed by atoms with Crippen molar-refractivity contribution in [1.29, 1.82) is 0 Å². The third-order valence-electron chi connectivity index (χ3n) is 3.61. The van der Waals surface area contributed by atoms with Crippen molar-refractivity contribution in [2.45, 2.75) is 33.4 Å². The van der Waals surface area contributed by atoms with E-state index >= 15 is 0 Å². The molecule has 0 radical (unpaired) electrons. The molecule has 5 heteroatoms. The quantitative estimate of drug-likeness (QED) is 0.506. The molecule has 0 fully saturated rings. The van der Waals surface area contributed by atoms with Gasteiger partial charge in [0.05, 0.1) is 12.2 Å². The first-order valence-corrected chi connectivity index (χ1v) is 8.07. The zero-order chi connectivity index (χ0) is 16.7. The van der Waals surface area contributed by atoms with Crippen LogP contribution in [0.3, 0.4) is 0 Å². The molecule has 0 aliphatic carbocycles. The van der Waals surface area contributed by atoms with Gasteiger partial charge >= 0.3 is 0 Å². The third kappa shape index (κ3) is 5.43. The Bertz CT molecular complexity index is 628. The molecule has 0 aliphatic rings. The van der Waals surface area contributed by atoms with E-state index in [4.69, 9.17) is 0 Å². The minimum absolute atomic E-state index is 0.693. The van der Waals surface area contributed by atoms with Gasteiger partial charge < -0.3 is 10.2 Å². The van der Waals surface area contributed by atoms with Gasteiger partial charge in [0.15, 0.2) is 5.96 Å². The predicted octanol–water partition coefficient (Wildman–Crippen LogP) is 2.60. The van der Waals surface area contributed by atoms with Crippen molar-refractivity contribution in [2.75, 3.05) is 20.6 Å². The number of hydrogen-bond acceptors (Lipinski definition) is 2. The Balaban J connectivity index is 1.81. The Morgan fingerprint density at radius 3 is 2.57 bits per heavy atom. The summed E-state index contributed by atoms with van der Waals surface area (Å²) in [6.45, 7) is 6.62. The van der Waals surface area contributed by atoms with Crippen molar-refractivity contribution in [3.05, 3.63) is 53.3 Å². The summed E-state index contributed by atoms with van der Waals surface area (Å²) in [6.07, 6.45) is 1.01. The summed E-state index contributed by atoms with van der Waals surface area (Å²) in [7, 11) is 4.02. The summed E-state index contributed by atoms with van der Waals surface area (Å²) >= 11 is 0. The Morgan fingerprint density at radius 2 is 1.96 bits per heavy atom. The normalized spacial score (nSPS) is 11.6. The van der Waals surface area contributed by atoms with Crippen LogP contribution >= 0.6 is 0 Å². The minimum atomic E-state index is 0.693. The van der Waals surface area contributed by atoms with E-state index in [0.717, 1.165) is 31.2 Å². The van der Waals surface area contributed by atoms with Gasteiger partial charge in [-0.05, 0) is 31.9 Å². The van der Waals surface area contributed by atoms with E-state index in [-0.39, 0.29) is 0 Å². The fourth-order valence-electron chi connectivity index (χ4n) is 2.44. The van der Waals surface area contributed by atoms with Crippen molar-refractivity contribution in [2.24, 2.45) is 4.99 Å². The number of rotatable bonds is 6. The second-order valence-corrected chi connectivity index (χ2v) is 5.95. The van der Waals surface area contributed by atoms with Crippen molar-refractivity contribution in [3.63, 3.8) is 0 Å². The fourth-order valence-corrected chi connectivity index (χ4v) is 2.44. The standard InChI is InChI=1S/C18H27N5/c1-15-13-16(2)23(21-15)12-8-11-19-18(22(3)4)20-14-17-9-6-5-7-10-17/h5-7,9-10,13H,8,11-12,14H2,1-4H3,(H,19,20). The number of nitrogens with zero attached hydrogens (tertiary/aromatic N) is 4. The Labute approximate surface area is 139 Å². The number of aliphatic imine (C=N–C) groups is 1. The zero-order valence-electron chi connectivity index (χ0n) is 14.6. The van der Waals surface area contributed by atoms with Crippen LogP contribution in [0.5, 0.6) is 0 Å². The van der Waals surface area contributed by atoms with Crippen LogP contribution in [-0.4, -0.2) is 41.3 Å². The van der Waals surface area contributed by atoms with Gasteiger partial charge in [0.1, 0.15) is 0 Å². The molecular formula is C18H27N5. The second kappa shape index (κ2) is 8.36. The van der Waals surface area contributed by atoms with Gasteiger partial charge in [0.25, 0.3) is 0 Å². The monoisotopic (exact) mass is 313 g/mol. The van der Waals surface area contributed by atoms with Crippen LogP contribution in [0, 0.1) is 13.8 Å². The first-order valence-electron chi connectivity index (χ1n) is 8.07. The Hall–Kier alpha value is -2.30. The summed E-state index contributed by atoms with van der Waals surface area (Å²) < 4.78 is 2.06. The van der Waals surface area contributed by atoms with Crippen LogP contribution in [-0.2, 0) is 13.1 Å². The van der Waals surface area contributed by atoms with E-state index in [9.17, 15) is 0 Å².